The van der Waals surface area contributed by atoms with E-state index < -0.39 is 70.3 Å². The Labute approximate surface area is 178 Å². The zero-order valence-corrected chi connectivity index (χ0v) is 17.9. The number of carbonyl (C=O) groups excluding carboxylic acids is 2. The van der Waals surface area contributed by atoms with Crippen molar-refractivity contribution in [3.05, 3.63) is 22.8 Å². The van der Waals surface area contributed by atoms with Gasteiger partial charge in [-0.25, -0.2) is 8.78 Å². The lowest BCUT2D eigenvalue weighted by molar-refractivity contribution is -0.223. The van der Waals surface area contributed by atoms with Crippen LogP contribution in [0.2, 0.25) is 0 Å². The van der Waals surface area contributed by atoms with E-state index in [-0.39, 0.29) is 29.9 Å². The van der Waals surface area contributed by atoms with Gasteiger partial charge in [-0.2, -0.15) is 0 Å². The maximum Gasteiger partial charge on any atom is 0.196 e. The molecule has 0 bridgehead atoms. The molecule has 0 unspecified atom stereocenters. The SMILES string of the molecule is C[C@@H]1C[C@@H]2[C@@H]3C[C@H](F)C4=CC(=O)C(Cl)=C[C@]4(C)[C@@]3(F)[C@@H](O)C[C@@]2(C)[C@@]1(O)C(=O)CO. The molecule has 4 rings (SSSR count). The van der Waals surface area contributed by atoms with E-state index in [4.69, 9.17) is 11.6 Å². The summed E-state index contributed by atoms with van der Waals surface area (Å²) in [4.78, 5) is 24.6. The van der Waals surface area contributed by atoms with Crippen LogP contribution < -0.4 is 0 Å². The van der Waals surface area contributed by atoms with Crippen molar-refractivity contribution in [3.63, 3.8) is 0 Å². The summed E-state index contributed by atoms with van der Waals surface area (Å²) in [5.41, 5.74) is -7.19. The molecule has 0 aromatic heterocycles. The first kappa shape index (κ1) is 22.1. The molecule has 0 spiro atoms. The van der Waals surface area contributed by atoms with Crippen LogP contribution in [0.1, 0.15) is 40.0 Å². The first-order chi connectivity index (χ1) is 13.8. The highest BCUT2D eigenvalue weighted by molar-refractivity contribution is 6.44. The van der Waals surface area contributed by atoms with Crippen LogP contribution in [0.5, 0.6) is 0 Å². The van der Waals surface area contributed by atoms with Crippen molar-refractivity contribution in [3.8, 4) is 0 Å². The normalized spacial score (nSPS) is 52.7. The number of allylic oxidation sites excluding steroid dienone is 4. The minimum absolute atomic E-state index is 0.0361. The number of alkyl halides is 2. The van der Waals surface area contributed by atoms with Crippen molar-refractivity contribution in [2.75, 3.05) is 6.61 Å². The molecular weight excluding hydrogens is 418 g/mol. The Morgan fingerprint density at radius 1 is 1.30 bits per heavy atom. The fourth-order valence-electron chi connectivity index (χ4n) is 7.31. The van der Waals surface area contributed by atoms with E-state index in [9.17, 15) is 24.9 Å². The molecule has 5 nitrogen and oxygen atoms in total. The number of halogens is 3. The third kappa shape index (κ3) is 2.27. The molecule has 9 atom stereocenters. The summed E-state index contributed by atoms with van der Waals surface area (Å²) < 4.78 is 32.3. The van der Waals surface area contributed by atoms with Crippen LogP contribution in [0.25, 0.3) is 0 Å². The van der Waals surface area contributed by atoms with Gasteiger partial charge in [-0.15, -0.1) is 0 Å². The number of hydrogen-bond acceptors (Lipinski definition) is 5. The average Bonchev–Trinajstić information content (AvgIpc) is 2.87. The number of aliphatic hydroxyl groups excluding tert-OH is 2. The van der Waals surface area contributed by atoms with E-state index in [0.29, 0.717) is 0 Å². The zero-order valence-electron chi connectivity index (χ0n) is 17.2. The summed E-state index contributed by atoms with van der Waals surface area (Å²) in [6.45, 7) is 3.84. The Morgan fingerprint density at radius 2 is 1.93 bits per heavy atom. The van der Waals surface area contributed by atoms with Gasteiger partial charge in [0.1, 0.15) is 18.4 Å². The monoisotopic (exact) mass is 444 g/mol. The quantitative estimate of drug-likeness (QED) is 0.608. The second-order valence-electron chi connectivity index (χ2n) is 9.96. The molecule has 0 aromatic carbocycles. The van der Waals surface area contributed by atoms with Crippen LogP contribution >= 0.6 is 11.6 Å². The molecule has 0 radical (unpaired) electrons. The molecule has 30 heavy (non-hydrogen) atoms. The van der Waals surface area contributed by atoms with E-state index in [1.54, 1.807) is 13.8 Å². The van der Waals surface area contributed by atoms with Crippen molar-refractivity contribution < 1.29 is 33.7 Å². The number of fused-ring (bicyclic) bond motifs is 5. The van der Waals surface area contributed by atoms with Crippen LogP contribution in [0, 0.1) is 28.6 Å². The Bertz CT molecular complexity index is 889. The third-order valence-electron chi connectivity index (χ3n) is 8.84. The van der Waals surface area contributed by atoms with Crippen molar-refractivity contribution in [2.45, 2.75) is 63.6 Å². The highest BCUT2D eigenvalue weighted by Crippen LogP contribution is 2.71. The maximum atomic E-state index is 17.0. The molecule has 0 saturated heterocycles. The molecule has 3 fully saturated rings. The number of hydrogen-bond donors (Lipinski definition) is 3. The first-order valence-corrected chi connectivity index (χ1v) is 10.7. The molecular formula is C22H27ClF2O5. The third-order valence-corrected chi connectivity index (χ3v) is 9.13. The molecule has 0 amide bonds. The van der Waals surface area contributed by atoms with Crippen LogP contribution in [0.15, 0.2) is 22.8 Å². The molecule has 166 valence electrons. The van der Waals surface area contributed by atoms with Gasteiger partial charge in [0.2, 0.25) is 0 Å². The van der Waals surface area contributed by atoms with E-state index in [1.165, 1.54) is 13.0 Å². The van der Waals surface area contributed by atoms with Gasteiger partial charge >= 0.3 is 0 Å². The Morgan fingerprint density at radius 3 is 2.53 bits per heavy atom. The highest BCUT2D eigenvalue weighted by atomic mass is 35.5. The van der Waals surface area contributed by atoms with Gasteiger partial charge in [-0.3, -0.25) is 9.59 Å². The molecule has 0 aliphatic heterocycles. The molecule has 4 aliphatic rings. The molecule has 0 aromatic rings. The zero-order chi connectivity index (χ0) is 22.4. The standard InChI is InChI=1S/C22H27ClF2O5/c1-10-4-11-12-5-15(24)13-6-16(27)14(23)7-19(13,2)21(12,25)17(28)8-20(11,3)22(10,30)18(29)9-26/h6-7,10-12,15,17,26,28,30H,4-5,8-9H2,1-3H3/t10-,11-,12+,15+,17+,19+,20-,21+,22+/m1/s1. The largest absolute Gasteiger partial charge is 0.390 e. The van der Waals surface area contributed by atoms with Gasteiger partial charge in [-0.1, -0.05) is 25.4 Å². The van der Waals surface area contributed by atoms with Crippen LogP contribution in [0.4, 0.5) is 8.78 Å². The minimum Gasteiger partial charge on any atom is -0.390 e. The number of ketones is 2. The van der Waals surface area contributed by atoms with Gasteiger partial charge in [0.15, 0.2) is 17.2 Å². The summed E-state index contributed by atoms with van der Waals surface area (Å²) in [6.07, 6.45) is -1.28. The molecule has 8 heteroatoms. The van der Waals surface area contributed by atoms with Crippen LogP contribution in [-0.2, 0) is 9.59 Å². The molecule has 4 aliphatic carbocycles. The van der Waals surface area contributed by atoms with E-state index in [2.05, 4.69) is 0 Å². The first-order valence-electron chi connectivity index (χ1n) is 10.3. The van der Waals surface area contributed by atoms with Crippen molar-refractivity contribution in [1.82, 2.24) is 0 Å². The van der Waals surface area contributed by atoms with Gasteiger partial charge < -0.3 is 15.3 Å². The lowest BCUT2D eigenvalue weighted by Crippen LogP contribution is -2.70. The lowest BCUT2D eigenvalue weighted by Gasteiger charge is -2.63. The van der Waals surface area contributed by atoms with Gasteiger partial charge in [-0.05, 0) is 55.7 Å². The van der Waals surface area contributed by atoms with Crippen LogP contribution in [0.3, 0.4) is 0 Å². The topological polar surface area (TPSA) is 94.8 Å². The molecule has 0 heterocycles. The maximum absolute atomic E-state index is 17.0. The van der Waals surface area contributed by atoms with Crippen molar-refractivity contribution in [2.24, 2.45) is 28.6 Å². The Hall–Kier alpha value is -1.15. The second kappa shape index (κ2) is 6.44. The number of Topliss-reactive ketones (excluding diaryl/α,β-unsaturated/α-hetero) is 1. The van der Waals surface area contributed by atoms with Crippen molar-refractivity contribution >= 4 is 23.2 Å². The number of aliphatic hydroxyl groups is 3. The predicted molar refractivity (Wildman–Crippen MR) is 105 cm³/mol. The summed E-state index contributed by atoms with van der Waals surface area (Å²) in [7, 11) is 0. The number of carbonyl (C=O) groups is 2. The van der Waals surface area contributed by atoms with Crippen molar-refractivity contribution in [1.29, 1.82) is 0 Å². The predicted octanol–water partition coefficient (Wildman–Crippen LogP) is 2.41. The smallest absolute Gasteiger partial charge is 0.196 e. The summed E-state index contributed by atoms with van der Waals surface area (Å²) in [5.74, 6) is -3.59. The average molecular weight is 445 g/mol. The fraction of sp³-hybridized carbons (Fsp3) is 0.727. The van der Waals surface area contributed by atoms with Gasteiger partial charge in [0.25, 0.3) is 0 Å². The molecule has 3 saturated carbocycles. The van der Waals surface area contributed by atoms with Crippen LogP contribution in [-0.4, -0.2) is 57.0 Å². The minimum atomic E-state index is -2.33. The Kier molecular flexibility index (Phi) is 4.73. The van der Waals surface area contributed by atoms with E-state index >= 15 is 8.78 Å². The number of rotatable bonds is 2. The Balaban J connectivity index is 1.89. The van der Waals surface area contributed by atoms with E-state index in [1.807, 2.05) is 0 Å². The van der Waals surface area contributed by atoms with E-state index in [0.717, 1.165) is 6.08 Å². The van der Waals surface area contributed by atoms with Gasteiger partial charge in [0.05, 0.1) is 11.1 Å². The second-order valence-corrected chi connectivity index (χ2v) is 10.4. The van der Waals surface area contributed by atoms with Gasteiger partial charge in [0, 0.05) is 16.7 Å². The summed E-state index contributed by atoms with van der Waals surface area (Å²) >= 11 is 6.02. The lowest BCUT2D eigenvalue weighted by atomic mass is 9.44. The summed E-state index contributed by atoms with van der Waals surface area (Å²) in [6, 6.07) is 0. The summed E-state index contributed by atoms with van der Waals surface area (Å²) in [5, 5.41) is 31.7. The molecule has 3 N–H and O–H groups in total. The fourth-order valence-corrected chi connectivity index (χ4v) is 7.58. The highest BCUT2D eigenvalue weighted by Gasteiger charge is 2.76.